The van der Waals surface area contributed by atoms with Crippen molar-refractivity contribution in [3.8, 4) is 0 Å². The van der Waals surface area contributed by atoms with Crippen molar-refractivity contribution in [3.05, 3.63) is 12.7 Å². The molecule has 2 aromatic rings. The summed E-state index contributed by atoms with van der Waals surface area (Å²) in [4.78, 5) is 37.8. The Hall–Kier alpha value is -2.83. The number of fused-ring (bicyclic) bond motifs is 2. The molecule has 6 atom stereocenters. The fourth-order valence-electron chi connectivity index (χ4n) is 5.19. The number of nitrogens with zero attached hydrogens (tertiary/aromatic N) is 4. The lowest BCUT2D eigenvalue weighted by molar-refractivity contribution is -0.202. The van der Waals surface area contributed by atoms with Gasteiger partial charge in [-0.1, -0.05) is 27.7 Å². The Labute approximate surface area is 221 Å². The molecule has 1 aliphatic carbocycles. The van der Waals surface area contributed by atoms with Gasteiger partial charge in [0.15, 0.2) is 29.0 Å². The van der Waals surface area contributed by atoms with Gasteiger partial charge in [-0.15, -0.1) is 0 Å². The summed E-state index contributed by atoms with van der Waals surface area (Å²) in [6.07, 6.45) is 3.51. The molecule has 0 aromatic carbocycles. The lowest BCUT2D eigenvalue weighted by Gasteiger charge is -2.25. The smallest absolute Gasteiger partial charge is 0.308 e. The quantitative estimate of drug-likeness (QED) is 0.504. The van der Waals surface area contributed by atoms with E-state index in [0.29, 0.717) is 17.0 Å². The number of carbonyl (C=O) groups is 2. The maximum absolute atomic E-state index is 12.2. The molecular weight excluding hydrogens is 494 g/mol. The van der Waals surface area contributed by atoms with Crippen LogP contribution in [0.25, 0.3) is 11.2 Å². The molecule has 0 spiro atoms. The topological polar surface area (TPSA) is 136 Å². The number of ether oxygens (including phenoxy) is 5. The summed E-state index contributed by atoms with van der Waals surface area (Å²) in [6, 6.07) is -0.0690. The van der Waals surface area contributed by atoms with E-state index in [1.807, 2.05) is 27.7 Å². The third-order valence-corrected chi connectivity index (χ3v) is 7.13. The normalized spacial score (nSPS) is 30.2. The monoisotopic (exact) mass is 531 g/mol. The second-order valence-electron chi connectivity index (χ2n) is 11.3. The number of aromatic nitrogens is 4. The average molecular weight is 532 g/mol. The van der Waals surface area contributed by atoms with Crippen LogP contribution in [0.4, 0.5) is 5.82 Å². The minimum Gasteiger partial charge on any atom is -0.463 e. The summed E-state index contributed by atoms with van der Waals surface area (Å²) in [6.45, 7) is 11.0. The maximum atomic E-state index is 12.2. The van der Waals surface area contributed by atoms with E-state index in [4.69, 9.17) is 23.7 Å². The van der Waals surface area contributed by atoms with Gasteiger partial charge in [-0.2, -0.15) is 0 Å². The van der Waals surface area contributed by atoms with Crippen LogP contribution in [0, 0.1) is 11.8 Å². The molecule has 2 aromatic heterocycles. The highest BCUT2D eigenvalue weighted by Gasteiger charge is 2.56. The second-order valence-corrected chi connectivity index (χ2v) is 11.3. The fraction of sp³-hybridized carbons (Fsp3) is 0.731. The second kappa shape index (κ2) is 10.4. The zero-order valence-electron chi connectivity index (χ0n) is 22.7. The van der Waals surface area contributed by atoms with Crippen LogP contribution in [0.1, 0.15) is 67.0 Å². The van der Waals surface area contributed by atoms with E-state index >= 15 is 0 Å². The van der Waals surface area contributed by atoms with Gasteiger partial charge in [-0.25, -0.2) is 15.0 Å². The van der Waals surface area contributed by atoms with Crippen molar-refractivity contribution in [2.24, 2.45) is 11.8 Å². The van der Waals surface area contributed by atoms with E-state index in [1.165, 1.54) is 6.33 Å². The zero-order chi connectivity index (χ0) is 27.2. The van der Waals surface area contributed by atoms with Crippen molar-refractivity contribution >= 4 is 28.9 Å². The van der Waals surface area contributed by atoms with Crippen molar-refractivity contribution in [2.45, 2.75) is 103 Å². The van der Waals surface area contributed by atoms with Gasteiger partial charge in [-0.3, -0.25) is 14.2 Å². The van der Waals surface area contributed by atoms with Gasteiger partial charge >= 0.3 is 11.9 Å². The Kier molecular flexibility index (Phi) is 7.31. The van der Waals surface area contributed by atoms with E-state index in [1.54, 1.807) is 24.7 Å². The van der Waals surface area contributed by atoms with E-state index in [0.717, 1.165) is 19.3 Å². The number of nitrogens with one attached hydrogen (secondary N) is 1. The molecule has 4 heterocycles. The van der Waals surface area contributed by atoms with Crippen molar-refractivity contribution in [1.82, 2.24) is 19.5 Å². The number of anilines is 1. The summed E-state index contributed by atoms with van der Waals surface area (Å²) >= 11 is 0. The molecule has 0 unspecified atom stereocenters. The molecule has 2 aliphatic heterocycles. The maximum Gasteiger partial charge on any atom is 0.308 e. The molecule has 38 heavy (non-hydrogen) atoms. The van der Waals surface area contributed by atoms with Crippen LogP contribution in [0.3, 0.4) is 0 Å². The van der Waals surface area contributed by atoms with Crippen LogP contribution in [-0.2, 0) is 33.3 Å². The molecule has 0 amide bonds. The van der Waals surface area contributed by atoms with Gasteiger partial charge in [0, 0.05) is 0 Å². The molecule has 3 aliphatic rings. The first-order valence-electron chi connectivity index (χ1n) is 13.4. The first kappa shape index (κ1) is 26.8. The number of hydrogen-bond acceptors (Lipinski definition) is 11. The van der Waals surface area contributed by atoms with Crippen LogP contribution >= 0.6 is 0 Å². The summed E-state index contributed by atoms with van der Waals surface area (Å²) in [7, 11) is 0. The minimum absolute atomic E-state index is 0.0563. The molecule has 12 nitrogen and oxygen atoms in total. The van der Waals surface area contributed by atoms with Crippen molar-refractivity contribution in [3.63, 3.8) is 0 Å². The largest absolute Gasteiger partial charge is 0.463 e. The van der Waals surface area contributed by atoms with Crippen LogP contribution in [0.15, 0.2) is 12.7 Å². The van der Waals surface area contributed by atoms with E-state index < -0.39 is 30.3 Å². The minimum atomic E-state index is -0.819. The number of rotatable bonds is 8. The Bertz CT molecular complexity index is 1180. The standard InChI is InChI=1S/C26H37N5O7/c1-13(2)24(32)34-10-17-19-20(38-26(5,6)37-19)23(35-17)31-12-29-18-21(27-11-28-22(18)31)30-15-8-7-9-16(15)36-25(33)14(3)4/h11-17,19-20,23H,7-10H2,1-6H3,(H,27,28,30)/t15-,16-,17+,19+,20+,23+/m0/s1. The molecule has 12 heteroatoms. The average Bonchev–Trinajstić information content (AvgIpc) is 3.61. The molecule has 0 bridgehead atoms. The summed E-state index contributed by atoms with van der Waals surface area (Å²) in [5.74, 6) is -1.18. The summed E-state index contributed by atoms with van der Waals surface area (Å²) in [5.41, 5.74) is 1.13. The van der Waals surface area contributed by atoms with Gasteiger partial charge in [-0.05, 0) is 33.1 Å². The summed E-state index contributed by atoms with van der Waals surface area (Å²) in [5, 5.41) is 3.44. The molecule has 0 radical (unpaired) electrons. The molecule has 5 rings (SSSR count). The van der Waals surface area contributed by atoms with Crippen LogP contribution in [-0.4, -0.2) is 74.3 Å². The molecule has 2 saturated heterocycles. The molecule has 3 fully saturated rings. The highest BCUT2D eigenvalue weighted by atomic mass is 16.8. The van der Waals surface area contributed by atoms with Crippen LogP contribution in [0.5, 0.6) is 0 Å². The number of hydrogen-bond donors (Lipinski definition) is 1. The SMILES string of the molecule is CC(C)C(=O)OC[C@H]1O[C@@H](n2cnc3c(N[C@H]4CCC[C@@H]4OC(=O)C(C)C)ncnc32)[C@@H]2OC(C)(C)O[C@@H]21. The van der Waals surface area contributed by atoms with Gasteiger partial charge in [0.05, 0.1) is 24.2 Å². The summed E-state index contributed by atoms with van der Waals surface area (Å²) < 4.78 is 31.7. The highest BCUT2D eigenvalue weighted by molar-refractivity contribution is 5.83. The first-order chi connectivity index (χ1) is 18.0. The van der Waals surface area contributed by atoms with E-state index in [2.05, 4.69) is 20.3 Å². The third kappa shape index (κ3) is 5.21. The highest BCUT2D eigenvalue weighted by Crippen LogP contribution is 2.44. The molecule has 208 valence electrons. The molecule has 1 N–H and O–H groups in total. The van der Waals surface area contributed by atoms with Gasteiger partial charge in [0.2, 0.25) is 0 Å². The predicted octanol–water partition coefficient (Wildman–Crippen LogP) is 2.98. The first-order valence-corrected chi connectivity index (χ1v) is 13.4. The Morgan fingerprint density at radius 3 is 2.55 bits per heavy atom. The number of esters is 2. The molecule has 1 saturated carbocycles. The molecular formula is C26H37N5O7. The predicted molar refractivity (Wildman–Crippen MR) is 135 cm³/mol. The van der Waals surface area contributed by atoms with Crippen molar-refractivity contribution in [1.29, 1.82) is 0 Å². The van der Waals surface area contributed by atoms with E-state index in [9.17, 15) is 9.59 Å². The lowest BCUT2D eigenvalue weighted by atomic mass is 10.1. The van der Waals surface area contributed by atoms with E-state index in [-0.39, 0.29) is 42.5 Å². The van der Waals surface area contributed by atoms with Gasteiger partial charge < -0.3 is 29.0 Å². The Balaban J connectivity index is 1.37. The van der Waals surface area contributed by atoms with Crippen molar-refractivity contribution < 1.29 is 33.3 Å². The third-order valence-electron chi connectivity index (χ3n) is 7.13. The number of imidazole rings is 1. The van der Waals surface area contributed by atoms with Crippen molar-refractivity contribution in [2.75, 3.05) is 11.9 Å². The Morgan fingerprint density at radius 2 is 1.82 bits per heavy atom. The van der Waals surface area contributed by atoms with Crippen LogP contribution in [0.2, 0.25) is 0 Å². The van der Waals surface area contributed by atoms with Gasteiger partial charge in [0.25, 0.3) is 0 Å². The number of carbonyl (C=O) groups excluding carboxylic acids is 2. The van der Waals surface area contributed by atoms with Gasteiger partial charge in [0.1, 0.15) is 37.4 Å². The van der Waals surface area contributed by atoms with Crippen LogP contribution < -0.4 is 5.32 Å². The zero-order valence-corrected chi connectivity index (χ0v) is 22.7. The fourth-order valence-corrected chi connectivity index (χ4v) is 5.19. The lowest BCUT2D eigenvalue weighted by Crippen LogP contribution is -2.34. The Morgan fingerprint density at radius 1 is 1.08 bits per heavy atom.